The Hall–Kier alpha value is -2.47. The summed E-state index contributed by atoms with van der Waals surface area (Å²) in [6.45, 7) is 5.97. The van der Waals surface area contributed by atoms with Gasteiger partial charge in [0.1, 0.15) is 0 Å². The van der Waals surface area contributed by atoms with E-state index in [0.29, 0.717) is 5.92 Å². The summed E-state index contributed by atoms with van der Waals surface area (Å²) in [6.07, 6.45) is 3.74. The first-order chi connectivity index (χ1) is 12.5. The van der Waals surface area contributed by atoms with Crippen molar-refractivity contribution in [2.24, 2.45) is 5.92 Å². The zero-order valence-electron chi connectivity index (χ0n) is 15.4. The fourth-order valence-electron chi connectivity index (χ4n) is 3.45. The highest BCUT2D eigenvalue weighted by atomic mass is 16.2. The lowest BCUT2D eigenvalue weighted by Gasteiger charge is -2.35. The van der Waals surface area contributed by atoms with Gasteiger partial charge in [0.15, 0.2) is 0 Å². The number of benzene rings is 1. The Labute approximate surface area is 154 Å². The number of aromatic nitrogens is 1. The molecular formula is C20H26N4O2. The maximum atomic E-state index is 12.7. The summed E-state index contributed by atoms with van der Waals surface area (Å²) in [5.74, 6) is 0.515. The van der Waals surface area contributed by atoms with Crippen LogP contribution in [0.5, 0.6) is 0 Å². The maximum absolute atomic E-state index is 12.7. The number of likely N-dealkylation sites (tertiary alicyclic amines) is 1. The molecule has 26 heavy (non-hydrogen) atoms. The Bertz CT molecular complexity index is 779. The second-order valence-corrected chi connectivity index (χ2v) is 6.96. The molecule has 0 radical (unpaired) electrons. The van der Waals surface area contributed by atoms with Gasteiger partial charge in [-0.2, -0.15) is 0 Å². The molecule has 1 aliphatic heterocycles. The first-order valence-electron chi connectivity index (χ1n) is 9.17. The second kappa shape index (κ2) is 8.27. The second-order valence-electron chi connectivity index (χ2n) is 6.96. The lowest BCUT2D eigenvalue weighted by atomic mass is 9.95. The van der Waals surface area contributed by atoms with Gasteiger partial charge in [0.2, 0.25) is 11.8 Å². The van der Waals surface area contributed by atoms with Crippen LogP contribution < -0.4 is 10.6 Å². The number of rotatable bonds is 5. The van der Waals surface area contributed by atoms with Crippen molar-refractivity contribution >= 4 is 28.4 Å². The van der Waals surface area contributed by atoms with Crippen LogP contribution in [0.4, 0.5) is 5.69 Å². The number of nitrogens with zero attached hydrogens (tertiary/aromatic N) is 2. The molecule has 2 amide bonds. The van der Waals surface area contributed by atoms with Crippen LogP contribution in [0, 0.1) is 5.92 Å². The van der Waals surface area contributed by atoms with Gasteiger partial charge in [-0.15, -0.1) is 0 Å². The molecule has 1 fully saturated rings. The summed E-state index contributed by atoms with van der Waals surface area (Å²) in [6, 6.07) is 9.41. The molecule has 1 unspecified atom stereocenters. The van der Waals surface area contributed by atoms with E-state index in [2.05, 4.69) is 20.5 Å². The molecule has 0 saturated carbocycles. The van der Waals surface area contributed by atoms with Crippen LogP contribution in [0.25, 0.3) is 10.9 Å². The minimum Gasteiger partial charge on any atom is -0.356 e. The van der Waals surface area contributed by atoms with Gasteiger partial charge in [-0.3, -0.25) is 19.5 Å². The molecule has 0 spiro atoms. The van der Waals surface area contributed by atoms with E-state index in [9.17, 15) is 9.59 Å². The lowest BCUT2D eigenvalue weighted by molar-refractivity contribution is -0.121. The number of nitrogens with one attached hydrogen (secondary N) is 2. The highest BCUT2D eigenvalue weighted by molar-refractivity contribution is 6.02. The minimum absolute atomic E-state index is 0.00154. The number of piperidine rings is 1. The van der Waals surface area contributed by atoms with E-state index in [1.807, 2.05) is 37.3 Å². The van der Waals surface area contributed by atoms with Gasteiger partial charge in [0.25, 0.3) is 0 Å². The molecule has 2 N–H and O–H groups in total. The maximum Gasteiger partial charge on any atom is 0.241 e. The van der Waals surface area contributed by atoms with E-state index >= 15 is 0 Å². The van der Waals surface area contributed by atoms with Gasteiger partial charge in [-0.05, 0) is 63.0 Å². The Morgan fingerprint density at radius 1 is 1.23 bits per heavy atom. The minimum atomic E-state index is -0.191. The molecule has 2 heterocycles. The quantitative estimate of drug-likeness (QED) is 0.865. The van der Waals surface area contributed by atoms with Gasteiger partial charge in [0.05, 0.1) is 17.2 Å². The fraction of sp³-hybridized carbons (Fsp3) is 0.450. The topological polar surface area (TPSA) is 74.3 Å². The molecule has 0 aliphatic carbocycles. The Kier molecular flexibility index (Phi) is 5.83. The molecule has 0 bridgehead atoms. The molecule has 1 atom stereocenters. The normalized spacial score (nSPS) is 17.0. The monoisotopic (exact) mass is 354 g/mol. The van der Waals surface area contributed by atoms with Crippen LogP contribution in [0.2, 0.25) is 0 Å². The van der Waals surface area contributed by atoms with Crippen molar-refractivity contribution in [1.29, 1.82) is 0 Å². The zero-order chi connectivity index (χ0) is 18.5. The number of carbonyl (C=O) groups is 2. The van der Waals surface area contributed by atoms with Crippen LogP contribution in [-0.2, 0) is 9.59 Å². The first-order valence-corrected chi connectivity index (χ1v) is 9.17. The molecule has 1 aromatic heterocycles. The SMILES string of the molecule is CC(=O)NCC1CCN(C(C)C(=O)Nc2cccc3ncccc23)CC1. The average molecular weight is 354 g/mol. The van der Waals surface area contributed by atoms with Crippen molar-refractivity contribution in [1.82, 2.24) is 15.2 Å². The molecule has 6 nitrogen and oxygen atoms in total. The van der Waals surface area contributed by atoms with Crippen molar-refractivity contribution in [2.45, 2.75) is 32.7 Å². The molecule has 1 aliphatic rings. The number of hydrogen-bond acceptors (Lipinski definition) is 4. The molecule has 138 valence electrons. The van der Waals surface area contributed by atoms with Gasteiger partial charge in [-0.1, -0.05) is 6.07 Å². The molecule has 2 aromatic rings. The zero-order valence-corrected chi connectivity index (χ0v) is 15.4. The van der Waals surface area contributed by atoms with Crippen LogP contribution in [-0.4, -0.2) is 47.4 Å². The molecule has 6 heteroatoms. The predicted octanol–water partition coefficient (Wildman–Crippen LogP) is 2.41. The third-order valence-electron chi connectivity index (χ3n) is 5.12. The standard InChI is InChI=1S/C20H26N4O2/c1-14(24-11-8-16(9-12-24)13-22-15(2)25)20(26)23-19-7-3-6-18-17(19)5-4-10-21-18/h3-7,10,14,16H,8-9,11-13H2,1-2H3,(H,22,25)(H,23,26). The summed E-state index contributed by atoms with van der Waals surface area (Å²) in [4.78, 5) is 30.3. The molecule has 3 rings (SSSR count). The van der Waals surface area contributed by atoms with Crippen molar-refractivity contribution in [3.63, 3.8) is 0 Å². The van der Waals surface area contributed by atoms with Gasteiger partial charge in [-0.25, -0.2) is 0 Å². The van der Waals surface area contributed by atoms with Crippen LogP contribution >= 0.6 is 0 Å². The summed E-state index contributed by atoms with van der Waals surface area (Å²) in [5.41, 5.74) is 1.67. The fourth-order valence-corrected chi connectivity index (χ4v) is 3.45. The van der Waals surface area contributed by atoms with E-state index in [1.54, 1.807) is 13.1 Å². The van der Waals surface area contributed by atoms with Crippen molar-refractivity contribution < 1.29 is 9.59 Å². The smallest absolute Gasteiger partial charge is 0.241 e. The Balaban J connectivity index is 1.57. The third kappa shape index (κ3) is 4.38. The highest BCUT2D eigenvalue weighted by Gasteiger charge is 2.26. The largest absolute Gasteiger partial charge is 0.356 e. The van der Waals surface area contributed by atoms with Gasteiger partial charge < -0.3 is 10.6 Å². The summed E-state index contributed by atoms with van der Waals surface area (Å²) in [7, 11) is 0. The molecular weight excluding hydrogens is 328 g/mol. The third-order valence-corrected chi connectivity index (χ3v) is 5.12. The van der Waals surface area contributed by atoms with Crippen LogP contribution in [0.15, 0.2) is 36.5 Å². The van der Waals surface area contributed by atoms with E-state index < -0.39 is 0 Å². The van der Waals surface area contributed by atoms with E-state index in [1.165, 1.54) is 0 Å². The van der Waals surface area contributed by atoms with Crippen molar-refractivity contribution in [3.8, 4) is 0 Å². The summed E-state index contributed by atoms with van der Waals surface area (Å²) < 4.78 is 0. The molecule has 1 aromatic carbocycles. The number of fused-ring (bicyclic) bond motifs is 1. The van der Waals surface area contributed by atoms with Crippen molar-refractivity contribution in [3.05, 3.63) is 36.5 Å². The van der Waals surface area contributed by atoms with Gasteiger partial charge in [0, 0.05) is 25.1 Å². The van der Waals surface area contributed by atoms with E-state index in [4.69, 9.17) is 0 Å². The predicted molar refractivity (Wildman–Crippen MR) is 103 cm³/mol. The molecule has 1 saturated heterocycles. The van der Waals surface area contributed by atoms with E-state index in [-0.39, 0.29) is 17.9 Å². The Morgan fingerprint density at radius 2 is 2.00 bits per heavy atom. The average Bonchev–Trinajstić information content (AvgIpc) is 2.66. The Morgan fingerprint density at radius 3 is 2.73 bits per heavy atom. The van der Waals surface area contributed by atoms with Crippen molar-refractivity contribution in [2.75, 3.05) is 25.0 Å². The highest BCUT2D eigenvalue weighted by Crippen LogP contribution is 2.23. The summed E-state index contributed by atoms with van der Waals surface area (Å²) >= 11 is 0. The first kappa shape index (κ1) is 18.3. The number of carbonyl (C=O) groups excluding carboxylic acids is 2. The van der Waals surface area contributed by atoms with Crippen LogP contribution in [0.3, 0.4) is 0 Å². The lowest BCUT2D eigenvalue weighted by Crippen LogP contribution is -2.47. The van der Waals surface area contributed by atoms with Gasteiger partial charge >= 0.3 is 0 Å². The number of hydrogen-bond donors (Lipinski definition) is 2. The summed E-state index contributed by atoms with van der Waals surface area (Å²) in [5, 5.41) is 6.89. The van der Waals surface area contributed by atoms with Crippen LogP contribution in [0.1, 0.15) is 26.7 Å². The number of amides is 2. The van der Waals surface area contributed by atoms with E-state index in [0.717, 1.165) is 49.1 Å². The number of pyridine rings is 1. The number of anilines is 1.